The molecule has 3 aromatic rings. The van der Waals surface area contributed by atoms with Gasteiger partial charge in [0.25, 0.3) is 5.91 Å². The number of carbonyl (C=O) groups excluding carboxylic acids is 1. The highest BCUT2D eigenvalue weighted by molar-refractivity contribution is 6.06. The van der Waals surface area contributed by atoms with E-state index >= 15 is 0 Å². The average Bonchev–Trinajstić information content (AvgIpc) is 3.26. The number of hydrogen-bond donors (Lipinski definition) is 2. The van der Waals surface area contributed by atoms with Crippen LogP contribution in [0, 0.1) is 0 Å². The molecular weight excluding hydrogens is 398 g/mol. The molecule has 2 aromatic carbocycles. The Morgan fingerprint density at radius 2 is 1.84 bits per heavy atom. The number of nitrogens with one attached hydrogen (secondary N) is 2. The van der Waals surface area contributed by atoms with E-state index in [0.29, 0.717) is 40.2 Å². The van der Waals surface area contributed by atoms with Crippen LogP contribution < -0.4 is 24.8 Å². The highest BCUT2D eigenvalue weighted by Crippen LogP contribution is 2.40. The minimum absolute atomic E-state index is 0.300. The fourth-order valence-corrected chi connectivity index (χ4v) is 3.66. The Balaban J connectivity index is 1.83. The van der Waals surface area contributed by atoms with Gasteiger partial charge in [0.2, 0.25) is 5.95 Å². The number of ether oxygens (including phenoxy) is 3. The number of carbonyl (C=O) groups is 1. The zero-order valence-electron chi connectivity index (χ0n) is 17.7. The highest BCUT2D eigenvalue weighted by Gasteiger charge is 2.35. The van der Waals surface area contributed by atoms with E-state index in [1.807, 2.05) is 25.1 Å². The van der Waals surface area contributed by atoms with Gasteiger partial charge in [-0.25, -0.2) is 4.68 Å². The molecule has 0 radical (unpaired) electrons. The molecule has 2 N–H and O–H groups in total. The largest absolute Gasteiger partial charge is 0.497 e. The molecule has 1 unspecified atom stereocenters. The fourth-order valence-electron chi connectivity index (χ4n) is 3.66. The van der Waals surface area contributed by atoms with Crippen molar-refractivity contribution >= 4 is 17.5 Å². The van der Waals surface area contributed by atoms with Crippen molar-refractivity contribution in [1.29, 1.82) is 0 Å². The Bertz CT molecular complexity index is 1150. The van der Waals surface area contributed by atoms with Crippen LogP contribution in [0.15, 0.2) is 60.1 Å². The topological polar surface area (TPSA) is 99.5 Å². The van der Waals surface area contributed by atoms with Crippen LogP contribution in [0.2, 0.25) is 0 Å². The molecule has 1 amide bonds. The lowest BCUT2D eigenvalue weighted by Crippen LogP contribution is -2.31. The summed E-state index contributed by atoms with van der Waals surface area (Å²) in [5, 5.41) is 10.5. The summed E-state index contributed by atoms with van der Waals surface area (Å²) in [6.07, 6.45) is 1.44. The molecule has 1 aromatic heterocycles. The van der Waals surface area contributed by atoms with Gasteiger partial charge in [0.1, 0.15) is 29.6 Å². The maximum Gasteiger partial charge on any atom is 0.255 e. The summed E-state index contributed by atoms with van der Waals surface area (Å²) in [6, 6.07) is 12.1. The number of nitrogens with zero attached hydrogens (tertiary/aromatic N) is 3. The summed E-state index contributed by atoms with van der Waals surface area (Å²) in [5.74, 6) is 2.03. The standard InChI is InChI=1S/C22H23N5O4/c1-13-19(21(28)26-16-7-5-6-8-18(16)31-4)20(27-22(25-13)23-12-24-27)15-11-14(29-2)9-10-17(15)30-3/h5-12,20H,1-4H3,(H,26,28)(H,23,24,25). The summed E-state index contributed by atoms with van der Waals surface area (Å²) in [6.45, 7) is 1.83. The third-order valence-electron chi connectivity index (χ3n) is 5.13. The first-order chi connectivity index (χ1) is 15.1. The second-order valence-corrected chi connectivity index (χ2v) is 6.86. The smallest absolute Gasteiger partial charge is 0.255 e. The highest BCUT2D eigenvalue weighted by atomic mass is 16.5. The molecule has 0 saturated carbocycles. The maximum absolute atomic E-state index is 13.5. The number of fused-ring (bicyclic) bond motifs is 1. The van der Waals surface area contributed by atoms with Crippen LogP contribution in [-0.4, -0.2) is 42.0 Å². The minimum Gasteiger partial charge on any atom is -0.497 e. The van der Waals surface area contributed by atoms with E-state index in [1.165, 1.54) is 6.33 Å². The molecule has 1 aliphatic heterocycles. The van der Waals surface area contributed by atoms with Crippen molar-refractivity contribution in [2.45, 2.75) is 13.0 Å². The van der Waals surface area contributed by atoms with E-state index in [1.54, 1.807) is 50.3 Å². The Kier molecular flexibility index (Phi) is 5.48. The molecule has 2 heterocycles. The van der Waals surface area contributed by atoms with Gasteiger partial charge in [-0.2, -0.15) is 10.1 Å². The lowest BCUT2D eigenvalue weighted by molar-refractivity contribution is -0.113. The van der Waals surface area contributed by atoms with Crippen LogP contribution in [0.5, 0.6) is 17.2 Å². The van der Waals surface area contributed by atoms with Gasteiger partial charge in [0.05, 0.1) is 32.6 Å². The lowest BCUT2D eigenvalue weighted by atomic mass is 9.94. The molecule has 0 saturated heterocycles. The van der Waals surface area contributed by atoms with E-state index in [-0.39, 0.29) is 5.91 Å². The predicted molar refractivity (Wildman–Crippen MR) is 116 cm³/mol. The van der Waals surface area contributed by atoms with E-state index in [4.69, 9.17) is 14.2 Å². The number of benzene rings is 2. The number of hydrogen-bond acceptors (Lipinski definition) is 7. The summed E-state index contributed by atoms with van der Waals surface area (Å²) >= 11 is 0. The van der Waals surface area contributed by atoms with E-state index in [9.17, 15) is 4.79 Å². The number of amides is 1. The van der Waals surface area contributed by atoms with Crippen LogP contribution in [0.3, 0.4) is 0 Å². The molecule has 4 rings (SSSR count). The molecule has 9 nitrogen and oxygen atoms in total. The van der Waals surface area contributed by atoms with Gasteiger partial charge in [-0.15, -0.1) is 0 Å². The fraction of sp³-hybridized carbons (Fsp3) is 0.227. The molecule has 0 aliphatic carbocycles. The Morgan fingerprint density at radius 1 is 1.06 bits per heavy atom. The van der Waals surface area contributed by atoms with Crippen molar-refractivity contribution in [1.82, 2.24) is 14.8 Å². The van der Waals surface area contributed by atoms with Crippen LogP contribution in [0.1, 0.15) is 18.5 Å². The number of anilines is 2. The van der Waals surface area contributed by atoms with Gasteiger partial charge in [0, 0.05) is 11.3 Å². The molecule has 1 aliphatic rings. The number of aromatic nitrogens is 3. The minimum atomic E-state index is -0.585. The first-order valence-corrected chi connectivity index (χ1v) is 9.61. The van der Waals surface area contributed by atoms with Crippen LogP contribution >= 0.6 is 0 Å². The van der Waals surface area contributed by atoms with Crippen molar-refractivity contribution < 1.29 is 19.0 Å². The van der Waals surface area contributed by atoms with E-state index in [2.05, 4.69) is 20.7 Å². The second kappa shape index (κ2) is 8.39. The molecule has 160 valence electrons. The zero-order valence-corrected chi connectivity index (χ0v) is 17.7. The number of para-hydroxylation sites is 2. The predicted octanol–water partition coefficient (Wildman–Crippen LogP) is 3.23. The molecule has 9 heteroatoms. The second-order valence-electron chi connectivity index (χ2n) is 6.86. The Morgan fingerprint density at radius 3 is 2.58 bits per heavy atom. The van der Waals surface area contributed by atoms with Crippen LogP contribution in [0.25, 0.3) is 0 Å². The maximum atomic E-state index is 13.5. The molecule has 31 heavy (non-hydrogen) atoms. The Labute approximate surface area is 179 Å². The first kappa shape index (κ1) is 20.3. The van der Waals surface area contributed by atoms with Crippen molar-refractivity contribution in [3.05, 3.63) is 65.6 Å². The number of allylic oxidation sites excluding steroid dienone is 1. The van der Waals surface area contributed by atoms with E-state index < -0.39 is 6.04 Å². The van der Waals surface area contributed by atoms with Gasteiger partial charge in [-0.3, -0.25) is 4.79 Å². The van der Waals surface area contributed by atoms with Crippen molar-refractivity contribution in [2.24, 2.45) is 0 Å². The zero-order chi connectivity index (χ0) is 22.0. The average molecular weight is 421 g/mol. The SMILES string of the molecule is COc1ccc(OC)c(C2C(C(=O)Nc3ccccc3OC)=C(C)Nc3ncnn32)c1. The summed E-state index contributed by atoms with van der Waals surface area (Å²) < 4.78 is 18.0. The number of methoxy groups -OCH3 is 3. The third-order valence-corrected chi connectivity index (χ3v) is 5.13. The van der Waals surface area contributed by atoms with Gasteiger partial charge in [0.15, 0.2) is 0 Å². The van der Waals surface area contributed by atoms with Crippen LogP contribution in [0.4, 0.5) is 11.6 Å². The van der Waals surface area contributed by atoms with Gasteiger partial charge >= 0.3 is 0 Å². The van der Waals surface area contributed by atoms with Crippen molar-refractivity contribution in [2.75, 3.05) is 32.0 Å². The summed E-state index contributed by atoms with van der Waals surface area (Å²) in [5.41, 5.74) is 2.41. The first-order valence-electron chi connectivity index (χ1n) is 9.61. The molecule has 0 bridgehead atoms. The van der Waals surface area contributed by atoms with Gasteiger partial charge in [-0.1, -0.05) is 12.1 Å². The molecule has 1 atom stereocenters. The monoisotopic (exact) mass is 421 g/mol. The van der Waals surface area contributed by atoms with Gasteiger partial charge in [-0.05, 0) is 37.3 Å². The van der Waals surface area contributed by atoms with Crippen molar-refractivity contribution in [3.8, 4) is 17.2 Å². The molecule has 0 spiro atoms. The molecule has 0 fully saturated rings. The van der Waals surface area contributed by atoms with Gasteiger partial charge < -0.3 is 24.8 Å². The van der Waals surface area contributed by atoms with E-state index in [0.717, 1.165) is 5.56 Å². The summed E-state index contributed by atoms with van der Waals surface area (Å²) in [4.78, 5) is 17.8. The Hall–Kier alpha value is -4.01. The summed E-state index contributed by atoms with van der Waals surface area (Å²) in [7, 11) is 4.73. The molecular formula is C22H23N5O4. The number of rotatable bonds is 6. The normalized spacial score (nSPS) is 15.0. The third kappa shape index (κ3) is 3.65. The lowest BCUT2D eigenvalue weighted by Gasteiger charge is -2.29. The quantitative estimate of drug-likeness (QED) is 0.630. The van der Waals surface area contributed by atoms with Crippen molar-refractivity contribution in [3.63, 3.8) is 0 Å². The van der Waals surface area contributed by atoms with Crippen LogP contribution in [-0.2, 0) is 4.79 Å².